The van der Waals surface area contributed by atoms with Crippen molar-refractivity contribution in [3.05, 3.63) is 253 Å². The first-order chi connectivity index (χ1) is 40.8. The minimum atomic E-state index is -5.17. The number of alkyl halides is 6. The van der Waals surface area contributed by atoms with Crippen LogP contribution in [0.15, 0.2) is 237 Å². The van der Waals surface area contributed by atoms with Gasteiger partial charge in [0.15, 0.2) is 34.9 Å². The third kappa shape index (κ3) is 9.12. The predicted octanol–water partition coefficient (Wildman–Crippen LogP) is 17.8. The third-order valence-electron chi connectivity index (χ3n) is 14.9. The fourth-order valence-electron chi connectivity index (χ4n) is 11.0. The highest BCUT2D eigenvalue weighted by Gasteiger charge is 2.38. The summed E-state index contributed by atoms with van der Waals surface area (Å²) in [6.45, 7) is 0. The molecular weight excluding hydrogens is 1070 g/mol. The molecule has 0 unspecified atom stereocenters. The number of fused-ring (bicyclic) bond motifs is 6. The topological polar surface area (TPSA) is 111 Å². The molecule has 0 spiro atoms. The molecule has 10 aromatic carbocycles. The summed E-state index contributed by atoms with van der Waals surface area (Å²) in [7, 11) is 0. The molecule has 15 heteroatoms. The highest BCUT2D eigenvalue weighted by Crippen LogP contribution is 2.45. The quantitative estimate of drug-likeness (QED) is 0.132. The second kappa shape index (κ2) is 20.2. The standard InChI is InChI=1S/C69H39F6N9/c70-68(71,72)49-33-47(34-50(38-49)69(73,74)75)55-39-61(84-57-28-16-14-26-52(57)54-32-30-46(36-59(54)84)67-81-64(43-21-9-3-10-22-43)78-65(82-67)44-23-11-4-12-24-44)60(37-48(55)40-76)83-56-27-15-13-25-51(56)53-31-29-45(35-58(53)83)66-79-62(41-17-5-1-6-18-41)77-63(80-66)42-19-7-2-8-20-42/h1-39H. The van der Waals surface area contributed by atoms with Gasteiger partial charge in [0.2, 0.25) is 0 Å². The summed E-state index contributed by atoms with van der Waals surface area (Å²) in [4.78, 5) is 29.9. The smallest absolute Gasteiger partial charge is 0.307 e. The number of nitriles is 1. The summed E-state index contributed by atoms with van der Waals surface area (Å²) in [5, 5.41) is 14.3. The Morgan fingerprint density at radius 3 is 0.976 bits per heavy atom. The van der Waals surface area contributed by atoms with E-state index in [1.807, 2.05) is 215 Å². The number of rotatable bonds is 9. The highest BCUT2D eigenvalue weighted by molar-refractivity contribution is 6.13. The normalized spacial score (nSPS) is 11.9. The average Bonchev–Trinajstić information content (AvgIpc) is 2.50. The molecule has 9 nitrogen and oxygen atoms in total. The monoisotopic (exact) mass is 1110 g/mol. The van der Waals surface area contributed by atoms with Crippen molar-refractivity contribution in [2.45, 2.75) is 12.4 Å². The lowest BCUT2D eigenvalue weighted by atomic mass is 9.94. The van der Waals surface area contributed by atoms with Crippen LogP contribution >= 0.6 is 0 Å². The number of hydrogen-bond acceptors (Lipinski definition) is 7. The van der Waals surface area contributed by atoms with E-state index >= 15 is 0 Å². The molecule has 0 saturated heterocycles. The fourth-order valence-corrected chi connectivity index (χ4v) is 11.0. The van der Waals surface area contributed by atoms with Crippen LogP contribution in [0.2, 0.25) is 0 Å². The lowest BCUT2D eigenvalue weighted by Gasteiger charge is -2.21. The molecule has 4 heterocycles. The van der Waals surface area contributed by atoms with E-state index in [-0.39, 0.29) is 17.2 Å². The molecule has 0 fully saturated rings. The third-order valence-corrected chi connectivity index (χ3v) is 14.9. The Bertz CT molecular complexity index is 4790. The van der Waals surface area contributed by atoms with Gasteiger partial charge in [-0.1, -0.05) is 182 Å². The van der Waals surface area contributed by atoms with Crippen molar-refractivity contribution in [2.24, 2.45) is 0 Å². The van der Waals surface area contributed by atoms with Gasteiger partial charge >= 0.3 is 12.4 Å². The van der Waals surface area contributed by atoms with Gasteiger partial charge in [-0.2, -0.15) is 31.6 Å². The SMILES string of the molecule is N#Cc1cc(-n2c3ccccc3c3ccc(-c4nc(-c5ccccc5)nc(-c5ccccc5)n4)cc32)c(-n2c3ccccc3c3ccc(-c4nc(-c5ccccc5)nc(-c5ccccc5)n4)cc32)cc1-c1cc(C(F)(F)F)cc(C(F)(F)F)c1. The molecular formula is C69H39F6N9. The number of halogens is 6. The first-order valence-corrected chi connectivity index (χ1v) is 26.5. The summed E-state index contributed by atoms with van der Waals surface area (Å²) in [6, 6.07) is 71.6. The van der Waals surface area contributed by atoms with E-state index in [9.17, 15) is 31.6 Å². The minimum Gasteiger partial charge on any atom is -0.307 e. The van der Waals surface area contributed by atoms with Crippen LogP contribution in [0.3, 0.4) is 0 Å². The Balaban J connectivity index is 1.08. The Morgan fingerprint density at radius 1 is 0.298 bits per heavy atom. The fraction of sp³-hybridized carbons (Fsp3) is 0.0290. The number of para-hydroxylation sites is 2. The van der Waals surface area contributed by atoms with E-state index in [0.717, 1.165) is 43.8 Å². The van der Waals surface area contributed by atoms with Gasteiger partial charge in [0, 0.05) is 60.5 Å². The van der Waals surface area contributed by atoms with Gasteiger partial charge in [0.25, 0.3) is 0 Å². The minimum absolute atomic E-state index is 0.0840. The van der Waals surface area contributed by atoms with Gasteiger partial charge in [-0.15, -0.1) is 0 Å². The molecule has 0 N–H and O–H groups in total. The maximum Gasteiger partial charge on any atom is 0.416 e. The molecule has 402 valence electrons. The first kappa shape index (κ1) is 51.1. The van der Waals surface area contributed by atoms with E-state index in [1.165, 1.54) is 12.1 Å². The summed E-state index contributed by atoms with van der Waals surface area (Å²) in [5.74, 6) is 2.43. The Labute approximate surface area is 474 Å². The zero-order valence-corrected chi connectivity index (χ0v) is 43.8. The van der Waals surface area contributed by atoms with Crippen LogP contribution in [-0.2, 0) is 12.4 Å². The van der Waals surface area contributed by atoms with Crippen LogP contribution < -0.4 is 0 Å². The van der Waals surface area contributed by atoms with Gasteiger partial charge in [0.1, 0.15) is 0 Å². The molecule has 4 aromatic heterocycles. The van der Waals surface area contributed by atoms with Crippen LogP contribution in [0, 0.1) is 11.3 Å². The molecule has 0 aliphatic rings. The summed E-state index contributed by atoms with van der Waals surface area (Å²) in [5.41, 5.74) is 3.59. The predicted molar refractivity (Wildman–Crippen MR) is 315 cm³/mol. The van der Waals surface area contributed by atoms with Crippen LogP contribution in [0.1, 0.15) is 16.7 Å². The van der Waals surface area contributed by atoms with Crippen LogP contribution in [0.25, 0.3) is 134 Å². The molecule has 0 atom stereocenters. The number of aromatic nitrogens is 8. The van der Waals surface area contributed by atoms with Crippen molar-refractivity contribution in [3.63, 3.8) is 0 Å². The summed E-state index contributed by atoms with van der Waals surface area (Å²) in [6.07, 6.45) is -10.3. The maximum absolute atomic E-state index is 14.8. The van der Waals surface area contributed by atoms with Crippen LogP contribution in [0.4, 0.5) is 26.3 Å². The molecule has 0 saturated carbocycles. The molecule has 0 amide bonds. The van der Waals surface area contributed by atoms with Crippen molar-refractivity contribution in [2.75, 3.05) is 0 Å². The van der Waals surface area contributed by atoms with E-state index in [1.54, 1.807) is 0 Å². The van der Waals surface area contributed by atoms with Gasteiger partial charge in [-0.05, 0) is 60.2 Å². The van der Waals surface area contributed by atoms with Gasteiger partial charge in [-0.3, -0.25) is 0 Å². The molecule has 0 radical (unpaired) electrons. The molecule has 0 aliphatic carbocycles. The lowest BCUT2D eigenvalue weighted by Crippen LogP contribution is -2.11. The Kier molecular flexibility index (Phi) is 12.3. The van der Waals surface area contributed by atoms with Crippen molar-refractivity contribution in [1.29, 1.82) is 5.26 Å². The second-order valence-electron chi connectivity index (χ2n) is 20.0. The highest BCUT2D eigenvalue weighted by atomic mass is 19.4. The maximum atomic E-state index is 14.8. The van der Waals surface area contributed by atoms with Crippen molar-refractivity contribution < 1.29 is 26.3 Å². The number of hydrogen-bond donors (Lipinski definition) is 0. The molecule has 84 heavy (non-hydrogen) atoms. The first-order valence-electron chi connectivity index (χ1n) is 26.5. The average molecular weight is 1110 g/mol. The number of benzene rings is 10. The summed E-state index contributed by atoms with van der Waals surface area (Å²) < 4.78 is 92.4. The molecule has 14 rings (SSSR count). The summed E-state index contributed by atoms with van der Waals surface area (Å²) >= 11 is 0. The van der Waals surface area contributed by atoms with Crippen molar-refractivity contribution in [1.82, 2.24) is 39.0 Å². The van der Waals surface area contributed by atoms with E-state index in [4.69, 9.17) is 29.9 Å². The molecule has 0 bridgehead atoms. The largest absolute Gasteiger partial charge is 0.416 e. The van der Waals surface area contributed by atoms with E-state index in [0.29, 0.717) is 91.6 Å². The van der Waals surface area contributed by atoms with Gasteiger partial charge < -0.3 is 9.13 Å². The van der Waals surface area contributed by atoms with E-state index < -0.39 is 29.0 Å². The van der Waals surface area contributed by atoms with Crippen molar-refractivity contribution >= 4 is 43.6 Å². The van der Waals surface area contributed by atoms with E-state index in [2.05, 4.69) is 6.07 Å². The van der Waals surface area contributed by atoms with Crippen molar-refractivity contribution in [3.8, 4) is 96.9 Å². The second-order valence-corrected chi connectivity index (χ2v) is 20.0. The van der Waals surface area contributed by atoms with Crippen LogP contribution in [0.5, 0.6) is 0 Å². The Morgan fingerprint density at radius 2 is 0.619 bits per heavy atom. The zero-order valence-electron chi connectivity index (χ0n) is 43.8. The van der Waals surface area contributed by atoms with Gasteiger partial charge in [0.05, 0.1) is 56.2 Å². The number of nitrogens with zero attached hydrogens (tertiary/aromatic N) is 9. The van der Waals surface area contributed by atoms with Gasteiger partial charge in [-0.25, -0.2) is 29.9 Å². The van der Waals surface area contributed by atoms with Crippen LogP contribution in [-0.4, -0.2) is 39.0 Å². The molecule has 14 aromatic rings. The molecule has 0 aliphatic heterocycles. The Hall–Kier alpha value is -11.1. The lowest BCUT2D eigenvalue weighted by molar-refractivity contribution is -0.143. The zero-order chi connectivity index (χ0) is 57.3.